The lowest BCUT2D eigenvalue weighted by Crippen LogP contribution is -2.27. The molecule has 4 N–H and O–H groups in total. The summed E-state index contributed by atoms with van der Waals surface area (Å²) in [6, 6.07) is 3.27. The normalized spacial score (nSPS) is 10.9. The van der Waals surface area contributed by atoms with E-state index in [0.717, 1.165) is 0 Å². The summed E-state index contributed by atoms with van der Waals surface area (Å²) in [7, 11) is 0. The minimum Gasteiger partial charge on any atom is -0.465 e. The van der Waals surface area contributed by atoms with Crippen LogP contribution in [-0.2, 0) is 19.1 Å². The molecule has 0 saturated carbocycles. The van der Waals surface area contributed by atoms with Crippen LogP contribution < -0.4 is 21.3 Å². The number of hydrogen-bond donors (Lipinski definition) is 4. The molecule has 1 aromatic heterocycles. The standard InChI is InChI=1S/C32H40N6O8/c1-17(39)24-15-23-16-25-30(28(20(4)42)29(23)27(19(3)41)26(24)18(2)40)32(36-10-8-34-12-14-46-22(6)44)38-37-31(25)35-9-7-33-11-13-45-21(5)43/h15-16,33-34H,7-14H2,1-6H3,(H,35,37)(H,36,38). The molecule has 0 unspecified atom stereocenters. The first kappa shape index (κ1) is 35.7. The molecule has 0 spiro atoms. The Morgan fingerprint density at radius 2 is 1.07 bits per heavy atom. The number of carbonyl (C=O) groups is 6. The molecule has 3 rings (SSSR count). The lowest BCUT2D eigenvalue weighted by molar-refractivity contribution is -0.141. The number of ketones is 4. The fourth-order valence-corrected chi connectivity index (χ4v) is 5.14. The SMILES string of the molecule is CC(=O)OCCNCCNc1nnc(NCCNCCOC(C)=O)c2c(C(C)=O)c3c(C(C)=O)c(C(C)=O)c(C(C)=O)cc3cc12. The zero-order chi connectivity index (χ0) is 34.0. The van der Waals surface area contributed by atoms with Crippen LogP contribution in [-0.4, -0.2) is 97.8 Å². The maximum atomic E-state index is 13.5. The van der Waals surface area contributed by atoms with Crippen molar-refractivity contribution in [2.24, 2.45) is 0 Å². The summed E-state index contributed by atoms with van der Waals surface area (Å²) in [5.41, 5.74) is 0.230. The van der Waals surface area contributed by atoms with Crippen LogP contribution in [0.15, 0.2) is 12.1 Å². The number of aromatic nitrogens is 2. The number of carbonyl (C=O) groups excluding carboxylic acids is 6. The number of hydrogen-bond acceptors (Lipinski definition) is 14. The first-order valence-electron chi connectivity index (χ1n) is 14.9. The van der Waals surface area contributed by atoms with E-state index in [4.69, 9.17) is 9.47 Å². The van der Waals surface area contributed by atoms with Crippen LogP contribution in [0, 0.1) is 0 Å². The molecule has 0 bridgehead atoms. The van der Waals surface area contributed by atoms with Crippen LogP contribution in [0.5, 0.6) is 0 Å². The average molecular weight is 637 g/mol. The summed E-state index contributed by atoms with van der Waals surface area (Å²) in [6.45, 7) is 11.0. The summed E-state index contributed by atoms with van der Waals surface area (Å²) in [4.78, 5) is 74.1. The van der Waals surface area contributed by atoms with Gasteiger partial charge in [-0.1, -0.05) is 0 Å². The van der Waals surface area contributed by atoms with Gasteiger partial charge in [0.05, 0.1) is 0 Å². The zero-order valence-corrected chi connectivity index (χ0v) is 27.0. The smallest absolute Gasteiger partial charge is 0.302 e. The van der Waals surface area contributed by atoms with E-state index in [1.165, 1.54) is 47.6 Å². The number of fused-ring (bicyclic) bond motifs is 2. The van der Waals surface area contributed by atoms with E-state index >= 15 is 0 Å². The van der Waals surface area contributed by atoms with Gasteiger partial charge in [-0.25, -0.2) is 0 Å². The molecular weight excluding hydrogens is 596 g/mol. The molecule has 0 amide bonds. The molecule has 0 radical (unpaired) electrons. The van der Waals surface area contributed by atoms with Gasteiger partial charge in [0.15, 0.2) is 34.8 Å². The minimum atomic E-state index is -0.471. The summed E-state index contributed by atoms with van der Waals surface area (Å²) in [5.74, 6) is -1.80. The third-order valence-electron chi connectivity index (χ3n) is 6.96. The van der Waals surface area contributed by atoms with E-state index in [1.54, 1.807) is 6.07 Å². The fraction of sp³-hybridized carbons (Fsp3) is 0.438. The van der Waals surface area contributed by atoms with Crippen molar-refractivity contribution in [3.8, 4) is 0 Å². The topological polar surface area (TPSA) is 195 Å². The predicted molar refractivity (Wildman–Crippen MR) is 173 cm³/mol. The van der Waals surface area contributed by atoms with Crippen molar-refractivity contribution >= 4 is 68.3 Å². The summed E-state index contributed by atoms with van der Waals surface area (Å²) < 4.78 is 9.85. The van der Waals surface area contributed by atoms with Gasteiger partial charge in [0.25, 0.3) is 0 Å². The highest BCUT2D eigenvalue weighted by atomic mass is 16.5. The molecule has 0 aliphatic carbocycles. The second-order valence-electron chi connectivity index (χ2n) is 10.6. The Hall–Kier alpha value is -4.82. The van der Waals surface area contributed by atoms with Gasteiger partial charge in [0, 0.05) is 91.5 Å². The van der Waals surface area contributed by atoms with E-state index in [-0.39, 0.29) is 64.4 Å². The van der Waals surface area contributed by atoms with Crippen LogP contribution in [0.25, 0.3) is 21.5 Å². The third-order valence-corrected chi connectivity index (χ3v) is 6.96. The van der Waals surface area contributed by atoms with Gasteiger partial charge >= 0.3 is 11.9 Å². The molecular formula is C32H40N6O8. The Balaban J connectivity index is 2.15. The van der Waals surface area contributed by atoms with Crippen LogP contribution in [0.3, 0.4) is 0 Å². The lowest BCUT2D eigenvalue weighted by atomic mass is 9.84. The van der Waals surface area contributed by atoms with Crippen molar-refractivity contribution in [3.05, 3.63) is 34.4 Å². The second kappa shape index (κ2) is 16.5. The first-order valence-corrected chi connectivity index (χ1v) is 14.9. The monoisotopic (exact) mass is 636 g/mol. The van der Waals surface area contributed by atoms with Crippen molar-refractivity contribution in [2.75, 3.05) is 63.1 Å². The molecule has 46 heavy (non-hydrogen) atoms. The van der Waals surface area contributed by atoms with E-state index in [0.29, 0.717) is 61.2 Å². The number of nitrogens with one attached hydrogen (secondary N) is 4. The maximum absolute atomic E-state index is 13.5. The van der Waals surface area contributed by atoms with Crippen molar-refractivity contribution < 1.29 is 38.2 Å². The molecule has 0 fully saturated rings. The molecule has 14 heteroatoms. The Morgan fingerprint density at radius 3 is 1.54 bits per heavy atom. The van der Waals surface area contributed by atoms with Crippen LogP contribution in [0.1, 0.15) is 83.0 Å². The third kappa shape index (κ3) is 8.88. The Bertz CT molecular complexity index is 1690. The van der Waals surface area contributed by atoms with Crippen molar-refractivity contribution in [3.63, 3.8) is 0 Å². The Morgan fingerprint density at radius 1 is 0.565 bits per heavy atom. The average Bonchev–Trinajstić information content (AvgIpc) is 2.97. The highest BCUT2D eigenvalue weighted by Gasteiger charge is 2.28. The number of anilines is 2. The van der Waals surface area contributed by atoms with Gasteiger partial charge in [-0.05, 0) is 45.2 Å². The summed E-state index contributed by atoms with van der Waals surface area (Å²) in [6.07, 6.45) is 0. The van der Waals surface area contributed by atoms with Crippen LogP contribution in [0.4, 0.5) is 11.6 Å². The minimum absolute atomic E-state index is 0.00342. The fourth-order valence-electron chi connectivity index (χ4n) is 5.14. The maximum Gasteiger partial charge on any atom is 0.302 e. The number of nitrogens with zero attached hydrogens (tertiary/aromatic N) is 2. The van der Waals surface area contributed by atoms with Crippen molar-refractivity contribution in [1.82, 2.24) is 20.8 Å². The van der Waals surface area contributed by atoms with Gasteiger partial charge in [0.2, 0.25) is 0 Å². The van der Waals surface area contributed by atoms with Gasteiger partial charge in [-0.2, -0.15) is 0 Å². The van der Waals surface area contributed by atoms with Crippen molar-refractivity contribution in [2.45, 2.75) is 41.5 Å². The largest absolute Gasteiger partial charge is 0.465 e. The molecule has 14 nitrogen and oxygen atoms in total. The molecule has 3 aromatic rings. The molecule has 0 atom stereocenters. The first-order chi connectivity index (χ1) is 21.8. The van der Waals surface area contributed by atoms with Gasteiger partial charge in [-0.3, -0.25) is 28.8 Å². The van der Waals surface area contributed by atoms with Crippen LogP contribution in [0.2, 0.25) is 0 Å². The van der Waals surface area contributed by atoms with E-state index in [1.807, 2.05) is 0 Å². The molecule has 0 saturated heterocycles. The number of benzene rings is 2. The Labute approximate surface area is 266 Å². The summed E-state index contributed by atoms with van der Waals surface area (Å²) in [5, 5.41) is 23.1. The highest BCUT2D eigenvalue weighted by Crippen LogP contribution is 2.39. The summed E-state index contributed by atoms with van der Waals surface area (Å²) >= 11 is 0. The number of rotatable bonds is 18. The quantitative estimate of drug-likeness (QED) is 0.0689. The second-order valence-corrected chi connectivity index (χ2v) is 10.6. The van der Waals surface area contributed by atoms with Gasteiger partial charge in [-0.15, -0.1) is 10.2 Å². The Kier molecular flexibility index (Phi) is 12.8. The number of Topliss-reactive ketones (excluding diaryl/α,β-unsaturated/α-hetero) is 4. The predicted octanol–water partition coefficient (Wildman–Crippen LogP) is 2.72. The molecule has 0 aliphatic rings. The van der Waals surface area contributed by atoms with Gasteiger partial charge in [0.1, 0.15) is 13.2 Å². The van der Waals surface area contributed by atoms with E-state index in [2.05, 4.69) is 31.5 Å². The molecule has 0 aliphatic heterocycles. The molecule has 246 valence electrons. The number of esters is 2. The van der Waals surface area contributed by atoms with E-state index < -0.39 is 17.3 Å². The molecule has 1 heterocycles. The molecule has 2 aromatic carbocycles. The lowest BCUT2D eigenvalue weighted by Gasteiger charge is -2.20. The van der Waals surface area contributed by atoms with Crippen LogP contribution >= 0.6 is 0 Å². The zero-order valence-electron chi connectivity index (χ0n) is 27.0. The van der Waals surface area contributed by atoms with Crippen molar-refractivity contribution in [1.29, 1.82) is 0 Å². The van der Waals surface area contributed by atoms with E-state index in [9.17, 15) is 28.8 Å². The highest BCUT2D eigenvalue weighted by molar-refractivity contribution is 6.29. The number of ether oxygens (including phenoxy) is 2. The van der Waals surface area contributed by atoms with Gasteiger partial charge < -0.3 is 30.7 Å².